The molecule has 1 aromatic rings. The van der Waals surface area contributed by atoms with Crippen LogP contribution >= 0.6 is 0 Å². The molecule has 0 saturated heterocycles. The molecule has 0 aromatic heterocycles. The van der Waals surface area contributed by atoms with E-state index in [1.54, 1.807) is 0 Å². The standard InChI is InChI=1S/C15H23N3O2/c1-10(2)15(20)18-13-7-5-6-12(8-13)16-9-14(19)17-11(3)4/h5-8,10-11,16H,9H2,1-4H3,(H,17,19)(H,18,20). The molecular weight excluding hydrogens is 254 g/mol. The summed E-state index contributed by atoms with van der Waals surface area (Å²) in [6.07, 6.45) is 0. The minimum Gasteiger partial charge on any atom is -0.376 e. The third-order valence-electron chi connectivity index (χ3n) is 2.56. The normalized spacial score (nSPS) is 10.5. The summed E-state index contributed by atoms with van der Waals surface area (Å²) in [5, 5.41) is 8.66. The summed E-state index contributed by atoms with van der Waals surface area (Å²) >= 11 is 0. The lowest BCUT2D eigenvalue weighted by atomic mass is 10.2. The van der Waals surface area contributed by atoms with Crippen molar-refractivity contribution in [1.82, 2.24) is 5.32 Å². The van der Waals surface area contributed by atoms with E-state index in [0.29, 0.717) is 0 Å². The molecule has 0 spiro atoms. The molecule has 1 rings (SSSR count). The SMILES string of the molecule is CC(C)NC(=O)CNc1cccc(NC(=O)C(C)C)c1. The number of benzene rings is 1. The Hall–Kier alpha value is -2.04. The minimum atomic E-state index is -0.0663. The Morgan fingerprint density at radius 3 is 2.35 bits per heavy atom. The van der Waals surface area contributed by atoms with Crippen molar-refractivity contribution in [2.45, 2.75) is 33.7 Å². The van der Waals surface area contributed by atoms with Gasteiger partial charge in [-0.1, -0.05) is 19.9 Å². The van der Waals surface area contributed by atoms with Crippen LogP contribution in [0.4, 0.5) is 11.4 Å². The van der Waals surface area contributed by atoms with Crippen molar-refractivity contribution >= 4 is 23.2 Å². The van der Waals surface area contributed by atoms with Crippen LogP contribution in [0.3, 0.4) is 0 Å². The molecule has 0 bridgehead atoms. The molecule has 0 atom stereocenters. The highest BCUT2D eigenvalue weighted by atomic mass is 16.2. The first kappa shape index (κ1) is 16.0. The first-order valence-electron chi connectivity index (χ1n) is 6.82. The van der Waals surface area contributed by atoms with Crippen LogP contribution in [0.25, 0.3) is 0 Å². The predicted octanol–water partition coefficient (Wildman–Crippen LogP) is 2.22. The summed E-state index contributed by atoms with van der Waals surface area (Å²) in [6.45, 7) is 7.72. The third-order valence-corrected chi connectivity index (χ3v) is 2.56. The molecule has 0 aliphatic carbocycles. The average molecular weight is 277 g/mol. The van der Waals surface area contributed by atoms with Gasteiger partial charge in [0.1, 0.15) is 0 Å². The monoisotopic (exact) mass is 277 g/mol. The van der Waals surface area contributed by atoms with Gasteiger partial charge in [0, 0.05) is 23.3 Å². The highest BCUT2D eigenvalue weighted by molar-refractivity contribution is 5.92. The molecule has 5 nitrogen and oxygen atoms in total. The number of carbonyl (C=O) groups excluding carboxylic acids is 2. The van der Waals surface area contributed by atoms with Gasteiger partial charge in [-0.2, -0.15) is 0 Å². The molecule has 1 aromatic carbocycles. The molecule has 20 heavy (non-hydrogen) atoms. The minimum absolute atomic E-state index is 0.0281. The van der Waals surface area contributed by atoms with Gasteiger partial charge < -0.3 is 16.0 Å². The Morgan fingerprint density at radius 2 is 1.75 bits per heavy atom. The van der Waals surface area contributed by atoms with E-state index < -0.39 is 0 Å². The van der Waals surface area contributed by atoms with Crippen molar-refractivity contribution in [3.05, 3.63) is 24.3 Å². The predicted molar refractivity (Wildman–Crippen MR) is 81.7 cm³/mol. The van der Waals surface area contributed by atoms with E-state index in [9.17, 15) is 9.59 Å². The number of anilines is 2. The molecule has 0 radical (unpaired) electrons. The summed E-state index contributed by atoms with van der Waals surface area (Å²) in [6, 6.07) is 7.44. The third kappa shape index (κ3) is 5.73. The lowest BCUT2D eigenvalue weighted by Crippen LogP contribution is -2.34. The van der Waals surface area contributed by atoms with Gasteiger partial charge in [-0.05, 0) is 32.0 Å². The van der Waals surface area contributed by atoms with Crippen molar-refractivity contribution in [2.24, 2.45) is 5.92 Å². The molecule has 0 aliphatic heterocycles. The van der Waals surface area contributed by atoms with E-state index in [4.69, 9.17) is 0 Å². The molecule has 3 N–H and O–H groups in total. The summed E-state index contributed by atoms with van der Waals surface area (Å²) in [4.78, 5) is 23.2. The van der Waals surface area contributed by atoms with Gasteiger partial charge in [0.25, 0.3) is 0 Å². The summed E-state index contributed by atoms with van der Waals surface area (Å²) in [5.74, 6) is -0.153. The topological polar surface area (TPSA) is 70.2 Å². The number of amides is 2. The molecule has 5 heteroatoms. The lowest BCUT2D eigenvalue weighted by Gasteiger charge is -2.12. The van der Waals surface area contributed by atoms with Gasteiger partial charge in [-0.25, -0.2) is 0 Å². The second-order valence-electron chi connectivity index (χ2n) is 5.30. The fourth-order valence-electron chi connectivity index (χ4n) is 1.55. The van der Waals surface area contributed by atoms with Crippen LogP contribution in [0.1, 0.15) is 27.7 Å². The van der Waals surface area contributed by atoms with E-state index in [1.807, 2.05) is 52.0 Å². The zero-order valence-electron chi connectivity index (χ0n) is 12.5. The molecule has 2 amide bonds. The van der Waals surface area contributed by atoms with Crippen LogP contribution < -0.4 is 16.0 Å². The van der Waals surface area contributed by atoms with E-state index in [0.717, 1.165) is 11.4 Å². The first-order chi connectivity index (χ1) is 9.38. The highest BCUT2D eigenvalue weighted by Gasteiger charge is 2.07. The van der Waals surface area contributed by atoms with Gasteiger partial charge in [0.2, 0.25) is 11.8 Å². The maximum absolute atomic E-state index is 11.6. The summed E-state index contributed by atoms with van der Waals surface area (Å²) < 4.78 is 0. The number of rotatable bonds is 6. The molecular formula is C15H23N3O2. The molecule has 0 unspecified atom stereocenters. The van der Waals surface area contributed by atoms with Crippen LogP contribution in [-0.4, -0.2) is 24.4 Å². The molecule has 0 fully saturated rings. The van der Waals surface area contributed by atoms with Crippen LogP contribution in [0.5, 0.6) is 0 Å². The van der Waals surface area contributed by atoms with Crippen molar-refractivity contribution in [3.63, 3.8) is 0 Å². The van der Waals surface area contributed by atoms with E-state index in [1.165, 1.54) is 0 Å². The van der Waals surface area contributed by atoms with Crippen molar-refractivity contribution in [3.8, 4) is 0 Å². The Balaban J connectivity index is 2.55. The second-order valence-corrected chi connectivity index (χ2v) is 5.30. The Morgan fingerprint density at radius 1 is 1.10 bits per heavy atom. The van der Waals surface area contributed by atoms with Gasteiger partial charge in [0.05, 0.1) is 6.54 Å². The van der Waals surface area contributed by atoms with E-state index in [-0.39, 0.29) is 30.3 Å². The largest absolute Gasteiger partial charge is 0.376 e. The van der Waals surface area contributed by atoms with Crippen LogP contribution in [0.2, 0.25) is 0 Å². The van der Waals surface area contributed by atoms with Crippen LogP contribution in [0.15, 0.2) is 24.3 Å². The van der Waals surface area contributed by atoms with Crippen molar-refractivity contribution in [2.75, 3.05) is 17.2 Å². The van der Waals surface area contributed by atoms with Gasteiger partial charge in [0.15, 0.2) is 0 Å². The number of nitrogens with one attached hydrogen (secondary N) is 3. The van der Waals surface area contributed by atoms with Gasteiger partial charge in [-0.3, -0.25) is 9.59 Å². The number of carbonyl (C=O) groups is 2. The smallest absolute Gasteiger partial charge is 0.239 e. The summed E-state index contributed by atoms with van der Waals surface area (Å²) in [7, 11) is 0. The number of hydrogen-bond donors (Lipinski definition) is 3. The van der Waals surface area contributed by atoms with Gasteiger partial charge in [-0.15, -0.1) is 0 Å². The fraction of sp³-hybridized carbons (Fsp3) is 0.467. The zero-order chi connectivity index (χ0) is 15.1. The van der Waals surface area contributed by atoms with Crippen LogP contribution in [-0.2, 0) is 9.59 Å². The van der Waals surface area contributed by atoms with E-state index in [2.05, 4.69) is 16.0 Å². The maximum Gasteiger partial charge on any atom is 0.239 e. The van der Waals surface area contributed by atoms with Crippen molar-refractivity contribution < 1.29 is 9.59 Å². The fourth-order valence-corrected chi connectivity index (χ4v) is 1.55. The average Bonchev–Trinajstić information content (AvgIpc) is 2.36. The lowest BCUT2D eigenvalue weighted by molar-refractivity contribution is -0.120. The zero-order valence-corrected chi connectivity index (χ0v) is 12.5. The molecule has 0 saturated carbocycles. The van der Waals surface area contributed by atoms with E-state index >= 15 is 0 Å². The second kappa shape index (κ2) is 7.53. The number of hydrogen-bond acceptors (Lipinski definition) is 3. The Bertz CT molecular complexity index is 470. The van der Waals surface area contributed by atoms with Crippen molar-refractivity contribution in [1.29, 1.82) is 0 Å². The highest BCUT2D eigenvalue weighted by Crippen LogP contribution is 2.15. The summed E-state index contributed by atoms with van der Waals surface area (Å²) in [5.41, 5.74) is 1.52. The molecule has 0 heterocycles. The Labute approximate surface area is 120 Å². The van der Waals surface area contributed by atoms with Gasteiger partial charge >= 0.3 is 0 Å². The molecule has 0 aliphatic rings. The molecule has 110 valence electrons. The quantitative estimate of drug-likeness (QED) is 0.746. The Kier molecular flexibility index (Phi) is 6.03. The van der Waals surface area contributed by atoms with Crippen LogP contribution in [0, 0.1) is 5.92 Å². The maximum atomic E-state index is 11.6. The first-order valence-corrected chi connectivity index (χ1v) is 6.82.